The molecule has 0 spiro atoms. The number of nitrogens with one attached hydrogen (secondary N) is 1. The molecule has 1 aliphatic rings. The summed E-state index contributed by atoms with van der Waals surface area (Å²) in [5.41, 5.74) is 0. The molecule has 2 amide bonds. The molecular formula is C15H20ClN3O3. The van der Waals surface area contributed by atoms with Crippen molar-refractivity contribution >= 4 is 23.4 Å². The zero-order valence-electron chi connectivity index (χ0n) is 12.5. The summed E-state index contributed by atoms with van der Waals surface area (Å²) in [7, 11) is 1.62. The number of hydrogen-bond donors (Lipinski definition) is 1. The maximum atomic E-state index is 12.1. The molecule has 1 aliphatic heterocycles. The summed E-state index contributed by atoms with van der Waals surface area (Å²) in [4.78, 5) is 27.2. The van der Waals surface area contributed by atoms with Crippen molar-refractivity contribution < 1.29 is 14.3 Å². The van der Waals surface area contributed by atoms with Gasteiger partial charge in [-0.1, -0.05) is 11.6 Å². The molecular weight excluding hydrogens is 306 g/mol. The van der Waals surface area contributed by atoms with Crippen LogP contribution in [-0.2, 0) is 9.59 Å². The van der Waals surface area contributed by atoms with Crippen LogP contribution in [0, 0.1) is 0 Å². The van der Waals surface area contributed by atoms with E-state index < -0.39 is 0 Å². The summed E-state index contributed by atoms with van der Waals surface area (Å²) < 4.78 is 5.46. The van der Waals surface area contributed by atoms with Gasteiger partial charge in [-0.05, 0) is 24.3 Å². The first-order valence-electron chi connectivity index (χ1n) is 7.17. The van der Waals surface area contributed by atoms with E-state index in [1.165, 1.54) is 0 Å². The molecule has 2 rings (SSSR count). The van der Waals surface area contributed by atoms with Gasteiger partial charge in [0.25, 0.3) is 5.91 Å². The highest BCUT2D eigenvalue weighted by atomic mass is 35.5. The van der Waals surface area contributed by atoms with E-state index in [4.69, 9.17) is 16.3 Å². The Balaban J connectivity index is 1.73. The number of nitrogens with zero attached hydrogens (tertiary/aromatic N) is 2. The third-order valence-electron chi connectivity index (χ3n) is 3.55. The summed E-state index contributed by atoms with van der Waals surface area (Å²) in [5, 5.41) is 3.23. The molecule has 0 atom stereocenters. The Morgan fingerprint density at radius 1 is 1.18 bits per heavy atom. The first-order chi connectivity index (χ1) is 10.6. The number of carbonyl (C=O) groups excluding carboxylic acids is 2. The number of likely N-dealkylation sites (N-methyl/N-ethyl adjacent to an activating group) is 1. The number of ether oxygens (including phenoxy) is 1. The van der Waals surface area contributed by atoms with Gasteiger partial charge in [-0.15, -0.1) is 0 Å². The number of halogens is 1. The largest absolute Gasteiger partial charge is 0.484 e. The van der Waals surface area contributed by atoms with Crippen LogP contribution in [0.4, 0.5) is 0 Å². The average Bonchev–Trinajstić information content (AvgIpc) is 2.54. The molecule has 1 aromatic carbocycles. The molecule has 0 saturated carbocycles. The van der Waals surface area contributed by atoms with E-state index >= 15 is 0 Å². The molecule has 0 bridgehead atoms. The smallest absolute Gasteiger partial charge is 0.260 e. The quantitative estimate of drug-likeness (QED) is 0.861. The summed E-state index contributed by atoms with van der Waals surface area (Å²) >= 11 is 5.79. The highest BCUT2D eigenvalue weighted by Gasteiger charge is 2.22. The second kappa shape index (κ2) is 8.00. The number of amides is 2. The van der Waals surface area contributed by atoms with Crippen molar-refractivity contribution in [1.82, 2.24) is 15.1 Å². The van der Waals surface area contributed by atoms with E-state index in [1.54, 1.807) is 36.2 Å². The van der Waals surface area contributed by atoms with E-state index in [0.717, 1.165) is 0 Å². The van der Waals surface area contributed by atoms with E-state index in [9.17, 15) is 9.59 Å². The van der Waals surface area contributed by atoms with Crippen LogP contribution in [-0.4, -0.2) is 68.0 Å². The average molecular weight is 326 g/mol. The molecule has 6 nitrogen and oxygen atoms in total. The van der Waals surface area contributed by atoms with E-state index in [2.05, 4.69) is 5.32 Å². The maximum absolute atomic E-state index is 12.1. The lowest BCUT2D eigenvalue weighted by Crippen LogP contribution is -2.51. The van der Waals surface area contributed by atoms with Gasteiger partial charge < -0.3 is 15.0 Å². The highest BCUT2D eigenvalue weighted by Crippen LogP contribution is 2.15. The zero-order valence-corrected chi connectivity index (χ0v) is 13.3. The molecule has 120 valence electrons. The fraction of sp³-hybridized carbons (Fsp3) is 0.467. The Morgan fingerprint density at radius 2 is 1.82 bits per heavy atom. The van der Waals surface area contributed by atoms with Crippen molar-refractivity contribution in [2.45, 2.75) is 0 Å². The lowest BCUT2D eigenvalue weighted by atomic mass is 10.3. The van der Waals surface area contributed by atoms with Crippen molar-refractivity contribution in [3.8, 4) is 5.75 Å². The number of piperazine rings is 1. The molecule has 0 aromatic heterocycles. The van der Waals surface area contributed by atoms with Gasteiger partial charge in [0, 0.05) is 38.2 Å². The van der Waals surface area contributed by atoms with E-state index in [0.29, 0.717) is 43.5 Å². The van der Waals surface area contributed by atoms with Gasteiger partial charge in [-0.2, -0.15) is 0 Å². The highest BCUT2D eigenvalue weighted by molar-refractivity contribution is 6.30. The minimum Gasteiger partial charge on any atom is -0.484 e. The van der Waals surface area contributed by atoms with Crippen molar-refractivity contribution in [3.63, 3.8) is 0 Å². The van der Waals surface area contributed by atoms with E-state index in [-0.39, 0.29) is 18.4 Å². The molecule has 1 N–H and O–H groups in total. The number of hydrogen-bond acceptors (Lipinski definition) is 4. The maximum Gasteiger partial charge on any atom is 0.260 e. The minimum atomic E-state index is -0.0467. The van der Waals surface area contributed by atoms with Crippen LogP contribution >= 0.6 is 11.6 Å². The van der Waals surface area contributed by atoms with Crippen LogP contribution in [0.25, 0.3) is 0 Å². The zero-order chi connectivity index (χ0) is 15.9. The van der Waals surface area contributed by atoms with Crippen molar-refractivity contribution in [2.75, 3.05) is 46.4 Å². The molecule has 1 heterocycles. The first-order valence-corrected chi connectivity index (χ1v) is 7.55. The van der Waals surface area contributed by atoms with Crippen LogP contribution in [0.3, 0.4) is 0 Å². The molecule has 1 aromatic rings. The predicted molar refractivity (Wildman–Crippen MR) is 84.0 cm³/mol. The van der Waals surface area contributed by atoms with Gasteiger partial charge >= 0.3 is 0 Å². The molecule has 22 heavy (non-hydrogen) atoms. The van der Waals surface area contributed by atoms with Crippen molar-refractivity contribution in [2.24, 2.45) is 0 Å². The van der Waals surface area contributed by atoms with Crippen LogP contribution in [0.15, 0.2) is 24.3 Å². The van der Waals surface area contributed by atoms with E-state index in [1.807, 2.05) is 4.90 Å². The predicted octanol–water partition coefficient (Wildman–Crippen LogP) is 0.609. The molecule has 0 radical (unpaired) electrons. The molecule has 1 fully saturated rings. The van der Waals surface area contributed by atoms with Crippen LogP contribution in [0.5, 0.6) is 5.75 Å². The van der Waals surface area contributed by atoms with Crippen molar-refractivity contribution in [1.29, 1.82) is 0 Å². The van der Waals surface area contributed by atoms with Crippen LogP contribution in [0.2, 0.25) is 5.02 Å². The Hall–Kier alpha value is -1.79. The summed E-state index contributed by atoms with van der Waals surface area (Å²) in [6.07, 6.45) is 0. The Bertz CT molecular complexity index is 513. The Labute approximate surface area is 135 Å². The SMILES string of the molecule is CNC(=O)CN1CCN(C(=O)COc2ccc(Cl)cc2)CC1. The molecule has 1 saturated heterocycles. The van der Waals surface area contributed by atoms with Crippen LogP contribution < -0.4 is 10.1 Å². The summed E-state index contributed by atoms with van der Waals surface area (Å²) in [6, 6.07) is 6.91. The fourth-order valence-electron chi connectivity index (χ4n) is 2.20. The third-order valence-corrected chi connectivity index (χ3v) is 3.80. The van der Waals surface area contributed by atoms with Gasteiger partial charge in [-0.3, -0.25) is 14.5 Å². The first kappa shape index (κ1) is 16.6. The Kier molecular flexibility index (Phi) is 6.03. The lowest BCUT2D eigenvalue weighted by Gasteiger charge is -2.34. The van der Waals surface area contributed by atoms with Gasteiger partial charge in [0.1, 0.15) is 5.75 Å². The monoisotopic (exact) mass is 325 g/mol. The third kappa shape index (κ3) is 4.89. The second-order valence-corrected chi connectivity index (χ2v) is 5.51. The lowest BCUT2D eigenvalue weighted by molar-refractivity contribution is -0.135. The second-order valence-electron chi connectivity index (χ2n) is 5.07. The fourth-order valence-corrected chi connectivity index (χ4v) is 2.33. The number of carbonyl (C=O) groups is 2. The molecule has 0 unspecified atom stereocenters. The molecule has 0 aliphatic carbocycles. The van der Waals surface area contributed by atoms with Gasteiger partial charge in [0.2, 0.25) is 5.91 Å². The molecule has 7 heteroatoms. The Morgan fingerprint density at radius 3 is 2.41 bits per heavy atom. The van der Waals surface area contributed by atoms with Crippen molar-refractivity contribution in [3.05, 3.63) is 29.3 Å². The summed E-state index contributed by atoms with van der Waals surface area (Å²) in [5.74, 6) is 0.566. The van der Waals surface area contributed by atoms with Crippen LogP contribution in [0.1, 0.15) is 0 Å². The summed E-state index contributed by atoms with van der Waals surface area (Å²) in [6.45, 7) is 3.00. The number of benzene rings is 1. The van der Waals surface area contributed by atoms with Gasteiger partial charge in [0.05, 0.1) is 6.54 Å². The minimum absolute atomic E-state index is 0.00847. The van der Waals surface area contributed by atoms with Gasteiger partial charge in [0.15, 0.2) is 6.61 Å². The standard InChI is InChI=1S/C15H20ClN3O3/c1-17-14(20)10-18-6-8-19(9-7-18)15(21)11-22-13-4-2-12(16)3-5-13/h2-5H,6-11H2,1H3,(H,17,20). The normalized spacial score (nSPS) is 15.5. The topological polar surface area (TPSA) is 61.9 Å². The number of rotatable bonds is 5. The van der Waals surface area contributed by atoms with Gasteiger partial charge in [-0.25, -0.2) is 0 Å².